The maximum atomic E-state index is 4.09. The first-order chi connectivity index (χ1) is 6.91. The molecule has 1 rings (SSSR count). The molecule has 0 N–H and O–H groups in total. The fraction of sp³-hybridized carbons (Fsp3) is 0. The van der Waals surface area contributed by atoms with Crippen LogP contribution < -0.4 is 8.86 Å². The van der Waals surface area contributed by atoms with Gasteiger partial charge in [0.05, 0.1) is 96.9 Å². The molecule has 0 saturated carbocycles. The predicted octanol–water partition coefficient (Wildman–Crippen LogP) is 4.15. The van der Waals surface area contributed by atoms with Gasteiger partial charge in [0.15, 0.2) is 0 Å². The molecule has 0 aliphatic carbocycles. The van der Waals surface area contributed by atoms with E-state index >= 15 is 0 Å². The zero-order chi connectivity index (χ0) is 11.6. The van der Waals surface area contributed by atoms with Gasteiger partial charge in [-0.15, -0.1) is 0 Å². The van der Waals surface area contributed by atoms with Crippen LogP contribution >= 0.6 is 96.9 Å². The van der Waals surface area contributed by atoms with E-state index in [1.807, 2.05) is 0 Å². The van der Waals surface area contributed by atoms with Crippen molar-refractivity contribution in [3.63, 3.8) is 0 Å². The van der Waals surface area contributed by atoms with Gasteiger partial charge in [0.1, 0.15) is 0 Å². The van der Waals surface area contributed by atoms with Crippen molar-refractivity contribution in [3.05, 3.63) is 0 Å². The molecule has 1 aromatic heterocycles. The largest absolute Gasteiger partial charge is 0.252 e. The fourth-order valence-corrected chi connectivity index (χ4v) is 1.52. The van der Waals surface area contributed by atoms with Crippen LogP contribution in [0.5, 0.6) is 0 Å². The van der Waals surface area contributed by atoms with Gasteiger partial charge in [-0.1, -0.05) is 0 Å². The van der Waals surface area contributed by atoms with E-state index in [1.54, 1.807) is 0 Å². The highest BCUT2D eigenvalue weighted by molar-refractivity contribution is 9.26. The minimum atomic E-state index is 0.378. The second kappa shape index (κ2) is 6.28. The summed E-state index contributed by atoms with van der Waals surface area (Å²) in [7, 11) is 0. The first-order valence-corrected chi connectivity index (χ1v) is 7.28. The lowest BCUT2D eigenvalue weighted by molar-refractivity contribution is 1.06. The van der Waals surface area contributed by atoms with Crippen LogP contribution in [-0.4, -0.2) is 15.0 Å². The van der Waals surface area contributed by atoms with Crippen LogP contribution in [0, 0.1) is 0 Å². The lowest BCUT2D eigenvalue weighted by atomic mass is 10.8. The van der Waals surface area contributed by atoms with Gasteiger partial charge in [0, 0.05) is 0 Å². The summed E-state index contributed by atoms with van der Waals surface area (Å²) >= 11 is 18.9. The molecule has 0 aliphatic heterocycles. The van der Waals surface area contributed by atoms with Crippen molar-refractivity contribution in [1.29, 1.82) is 0 Å². The lowest BCUT2D eigenvalue weighted by Gasteiger charge is -2.12. The Bertz CT molecular complexity index is 277. The van der Waals surface area contributed by atoms with E-state index in [9.17, 15) is 0 Å². The Morgan fingerprint density at radius 1 is 0.533 bits per heavy atom. The summed E-state index contributed by atoms with van der Waals surface area (Å²) in [5, 5.41) is 0. The summed E-state index contributed by atoms with van der Waals surface area (Å²) < 4.78 is 4.21. The first-order valence-electron chi connectivity index (χ1n) is 3.03. The molecule has 1 aromatic rings. The zero-order valence-electron chi connectivity index (χ0n) is 6.45. The topological polar surface area (TPSA) is 48.4 Å². The van der Waals surface area contributed by atoms with Crippen molar-refractivity contribution in [2.45, 2.75) is 0 Å². The second-order valence-electron chi connectivity index (χ2n) is 1.93. The first kappa shape index (κ1) is 14.4. The van der Waals surface area contributed by atoms with Crippen molar-refractivity contribution in [2.75, 3.05) is 8.86 Å². The Balaban J connectivity index is 3.20. The van der Waals surface area contributed by atoms with Crippen molar-refractivity contribution in [3.8, 4) is 0 Å². The van der Waals surface area contributed by atoms with E-state index in [2.05, 4.69) is 112 Å². The van der Waals surface area contributed by atoms with Gasteiger partial charge in [-0.25, -0.2) is 8.86 Å². The van der Waals surface area contributed by atoms with Crippen LogP contribution in [0.1, 0.15) is 0 Å². The van der Waals surface area contributed by atoms with Crippen LogP contribution in [0.4, 0.5) is 17.8 Å². The van der Waals surface area contributed by atoms with Crippen molar-refractivity contribution in [2.24, 2.45) is 0 Å². The van der Waals surface area contributed by atoms with Crippen LogP contribution in [0.2, 0.25) is 0 Å². The van der Waals surface area contributed by atoms with E-state index in [0.29, 0.717) is 17.8 Å². The maximum absolute atomic E-state index is 4.09. The average molecular weight is 599 g/mol. The molecular formula is C3Br6N6. The van der Waals surface area contributed by atoms with Crippen molar-refractivity contribution < 1.29 is 0 Å². The standard InChI is InChI=1S/C3Br6N6/c4-13(5)1-10-2(14(6)7)12-3(11-1)15(8)9. The molecule has 0 fully saturated rings. The summed E-state index contributed by atoms with van der Waals surface area (Å²) in [5.74, 6) is 1.13. The maximum Gasteiger partial charge on any atom is 0.252 e. The van der Waals surface area contributed by atoms with Gasteiger partial charge in [0.2, 0.25) is 0 Å². The summed E-state index contributed by atoms with van der Waals surface area (Å²) in [5.41, 5.74) is 0. The number of halogens is 6. The fourth-order valence-electron chi connectivity index (χ4n) is 0.570. The van der Waals surface area contributed by atoms with Gasteiger partial charge >= 0.3 is 0 Å². The van der Waals surface area contributed by atoms with Crippen LogP contribution in [0.3, 0.4) is 0 Å². The summed E-state index contributed by atoms with van der Waals surface area (Å²) in [6, 6.07) is 0. The Morgan fingerprint density at radius 2 is 0.733 bits per heavy atom. The number of rotatable bonds is 3. The lowest BCUT2D eigenvalue weighted by Crippen LogP contribution is -2.09. The number of nitrogens with zero attached hydrogens (tertiary/aromatic N) is 6. The Kier molecular flexibility index (Phi) is 6.01. The van der Waals surface area contributed by atoms with E-state index in [-0.39, 0.29) is 0 Å². The van der Waals surface area contributed by atoms with Crippen LogP contribution in [-0.2, 0) is 0 Å². The number of anilines is 3. The Morgan fingerprint density at radius 3 is 0.867 bits per heavy atom. The highest BCUT2D eigenvalue weighted by Crippen LogP contribution is 2.27. The van der Waals surface area contributed by atoms with E-state index in [1.165, 1.54) is 8.86 Å². The predicted molar refractivity (Wildman–Crippen MR) is 80.8 cm³/mol. The molecular weight excluding hydrogens is 599 g/mol. The summed E-state index contributed by atoms with van der Waals surface area (Å²) in [6.07, 6.45) is 0. The molecule has 15 heavy (non-hydrogen) atoms. The molecule has 84 valence electrons. The van der Waals surface area contributed by atoms with E-state index in [0.717, 1.165) is 0 Å². The third-order valence-corrected chi connectivity index (χ3v) is 2.96. The number of aromatic nitrogens is 3. The van der Waals surface area contributed by atoms with Crippen molar-refractivity contribution >= 4 is 115 Å². The Labute approximate surface area is 137 Å². The third-order valence-electron chi connectivity index (χ3n) is 1.05. The van der Waals surface area contributed by atoms with Crippen LogP contribution in [0.15, 0.2) is 0 Å². The van der Waals surface area contributed by atoms with Crippen LogP contribution in [0.25, 0.3) is 0 Å². The minimum Gasteiger partial charge on any atom is -0.208 e. The summed E-state index contributed by atoms with van der Waals surface area (Å²) in [6.45, 7) is 0. The molecule has 0 amide bonds. The molecule has 0 spiro atoms. The molecule has 6 nitrogen and oxygen atoms in total. The van der Waals surface area contributed by atoms with Gasteiger partial charge in [-0.05, 0) is 0 Å². The molecule has 0 saturated heterocycles. The average Bonchev–Trinajstić information content (AvgIpc) is 2.16. The van der Waals surface area contributed by atoms with Gasteiger partial charge < -0.3 is 0 Å². The number of hydrogen-bond acceptors (Lipinski definition) is 6. The molecule has 12 heteroatoms. The molecule has 0 aliphatic rings. The quantitative estimate of drug-likeness (QED) is 0.487. The van der Waals surface area contributed by atoms with Crippen molar-refractivity contribution in [1.82, 2.24) is 15.0 Å². The zero-order valence-corrected chi connectivity index (χ0v) is 16.0. The number of hydrogen-bond donors (Lipinski definition) is 0. The SMILES string of the molecule is BrN(Br)c1nc(N(Br)Br)nc(N(Br)Br)n1. The highest BCUT2D eigenvalue weighted by Gasteiger charge is 2.14. The molecule has 0 bridgehead atoms. The highest BCUT2D eigenvalue weighted by atomic mass is 79.9. The second-order valence-corrected chi connectivity index (χ2v) is 9.05. The van der Waals surface area contributed by atoms with Gasteiger partial charge in [0.25, 0.3) is 17.8 Å². The third kappa shape index (κ3) is 4.22. The molecule has 0 radical (unpaired) electrons. The molecule has 0 unspecified atom stereocenters. The monoisotopic (exact) mass is 594 g/mol. The molecule has 1 heterocycles. The van der Waals surface area contributed by atoms with Gasteiger partial charge in [-0.3, -0.25) is 0 Å². The van der Waals surface area contributed by atoms with E-state index in [4.69, 9.17) is 0 Å². The molecule has 0 aromatic carbocycles. The normalized spacial score (nSPS) is 10.0. The summed E-state index contributed by atoms with van der Waals surface area (Å²) in [4.78, 5) is 12.3. The smallest absolute Gasteiger partial charge is 0.208 e. The Hall–Kier alpha value is 1.29. The van der Waals surface area contributed by atoms with E-state index < -0.39 is 0 Å². The minimum absolute atomic E-state index is 0.378. The van der Waals surface area contributed by atoms with Gasteiger partial charge in [-0.2, -0.15) is 15.0 Å². The molecule has 0 atom stereocenters.